The molecule has 20 heavy (non-hydrogen) atoms. The van der Waals surface area contributed by atoms with Crippen LogP contribution in [0.2, 0.25) is 0 Å². The molecule has 0 atom stereocenters. The van der Waals surface area contributed by atoms with Gasteiger partial charge in [-0.3, -0.25) is 0 Å². The molecule has 0 heterocycles. The zero-order valence-corrected chi connectivity index (χ0v) is 12.2. The van der Waals surface area contributed by atoms with Crippen molar-refractivity contribution in [3.63, 3.8) is 0 Å². The second kappa shape index (κ2) is 12.2. The fraction of sp³-hybridized carbons (Fsp3) is 0.444. The second-order valence-electron chi connectivity index (χ2n) is 4.36. The van der Waals surface area contributed by atoms with Crippen LogP contribution in [0.25, 0.3) is 0 Å². The van der Waals surface area contributed by atoms with Gasteiger partial charge < -0.3 is 10.1 Å². The molecule has 0 aliphatic heterocycles. The van der Waals surface area contributed by atoms with Crippen LogP contribution in [0.1, 0.15) is 38.2 Å². The average molecular weight is 269 g/mol. The van der Waals surface area contributed by atoms with Gasteiger partial charge in [-0.15, -0.1) is 5.92 Å². The van der Waals surface area contributed by atoms with Crippen LogP contribution < -0.4 is 5.32 Å². The van der Waals surface area contributed by atoms with Gasteiger partial charge >= 0.3 is 0 Å². The summed E-state index contributed by atoms with van der Waals surface area (Å²) in [5.41, 5.74) is 1.29. The Bertz CT molecular complexity index is 459. The maximum Gasteiger partial charge on any atom is 0.110 e. The average Bonchev–Trinajstić information content (AvgIpc) is 2.49. The van der Waals surface area contributed by atoms with Crippen molar-refractivity contribution in [1.29, 1.82) is 0 Å². The first kappa shape index (κ1) is 16.2. The third-order valence-electron chi connectivity index (χ3n) is 2.65. The van der Waals surface area contributed by atoms with Crippen LogP contribution in [-0.2, 0) is 11.3 Å². The van der Waals surface area contributed by atoms with Gasteiger partial charge in [0.15, 0.2) is 0 Å². The van der Waals surface area contributed by atoms with Crippen molar-refractivity contribution in [2.45, 2.75) is 39.2 Å². The molecule has 0 saturated heterocycles. The van der Waals surface area contributed by atoms with Gasteiger partial charge in [-0.05, 0) is 25.3 Å². The van der Waals surface area contributed by atoms with E-state index in [0.29, 0.717) is 6.61 Å². The lowest BCUT2D eigenvalue weighted by Crippen LogP contribution is -2.12. The van der Waals surface area contributed by atoms with Crippen molar-refractivity contribution in [1.82, 2.24) is 5.32 Å². The van der Waals surface area contributed by atoms with Crippen molar-refractivity contribution in [2.75, 3.05) is 13.2 Å². The van der Waals surface area contributed by atoms with Crippen LogP contribution in [0.15, 0.2) is 30.3 Å². The van der Waals surface area contributed by atoms with E-state index in [0.717, 1.165) is 38.8 Å². The predicted molar refractivity (Wildman–Crippen MR) is 83.8 cm³/mol. The Morgan fingerprint density at radius 2 is 1.75 bits per heavy atom. The van der Waals surface area contributed by atoms with Gasteiger partial charge in [0, 0.05) is 19.4 Å². The minimum absolute atomic E-state index is 0.661. The van der Waals surface area contributed by atoms with Gasteiger partial charge in [-0.2, -0.15) is 0 Å². The summed E-state index contributed by atoms with van der Waals surface area (Å²) in [4.78, 5) is 0. The molecule has 0 radical (unpaired) electrons. The molecule has 0 spiro atoms. The summed E-state index contributed by atoms with van der Waals surface area (Å²) in [5.74, 6) is 9.31. The first-order valence-corrected chi connectivity index (χ1v) is 7.23. The molecular formula is C18H23NO. The number of ether oxygens (including phenoxy) is 1. The van der Waals surface area contributed by atoms with Gasteiger partial charge in [0.25, 0.3) is 0 Å². The number of rotatable bonds is 7. The van der Waals surface area contributed by atoms with Crippen molar-refractivity contribution in [3.8, 4) is 23.9 Å². The summed E-state index contributed by atoms with van der Waals surface area (Å²) < 4.78 is 4.94. The lowest BCUT2D eigenvalue weighted by atomic mass is 10.2. The van der Waals surface area contributed by atoms with Crippen LogP contribution in [0.4, 0.5) is 0 Å². The highest BCUT2D eigenvalue weighted by Gasteiger charge is 1.88. The minimum Gasteiger partial charge on any atom is -0.447 e. The molecule has 2 heteroatoms. The summed E-state index contributed by atoms with van der Waals surface area (Å²) >= 11 is 0. The fourth-order valence-electron chi connectivity index (χ4n) is 1.62. The Labute approximate surface area is 122 Å². The molecule has 0 aliphatic carbocycles. The molecule has 106 valence electrons. The predicted octanol–water partition coefficient (Wildman–Crippen LogP) is 3.34. The number of nitrogens with one attached hydrogen (secondary N) is 1. The van der Waals surface area contributed by atoms with E-state index in [1.54, 1.807) is 0 Å². The maximum absolute atomic E-state index is 4.94. The number of hydrogen-bond acceptors (Lipinski definition) is 2. The van der Waals surface area contributed by atoms with E-state index in [1.165, 1.54) is 5.56 Å². The monoisotopic (exact) mass is 269 g/mol. The minimum atomic E-state index is 0.661. The normalized spacial score (nSPS) is 9.05. The quantitative estimate of drug-likeness (QED) is 0.605. The number of hydrogen-bond donors (Lipinski definition) is 1. The van der Waals surface area contributed by atoms with Gasteiger partial charge in [0.2, 0.25) is 0 Å². The van der Waals surface area contributed by atoms with Crippen LogP contribution in [0, 0.1) is 23.9 Å². The second-order valence-corrected chi connectivity index (χ2v) is 4.36. The molecule has 1 rings (SSSR count). The molecule has 1 N–H and O–H groups in total. The first-order valence-electron chi connectivity index (χ1n) is 7.23. The van der Waals surface area contributed by atoms with Crippen LogP contribution in [-0.4, -0.2) is 13.2 Å². The highest BCUT2D eigenvalue weighted by molar-refractivity contribution is 5.14. The van der Waals surface area contributed by atoms with Gasteiger partial charge in [0.1, 0.15) is 6.11 Å². The van der Waals surface area contributed by atoms with E-state index >= 15 is 0 Å². The summed E-state index contributed by atoms with van der Waals surface area (Å²) in [5, 5.41) is 3.31. The molecule has 0 saturated carbocycles. The van der Waals surface area contributed by atoms with Crippen molar-refractivity contribution >= 4 is 0 Å². The topological polar surface area (TPSA) is 21.3 Å². The van der Waals surface area contributed by atoms with E-state index < -0.39 is 0 Å². The van der Waals surface area contributed by atoms with Gasteiger partial charge in [-0.1, -0.05) is 42.2 Å². The molecule has 0 unspecified atom stereocenters. The number of benzene rings is 1. The molecule has 0 fully saturated rings. The summed E-state index contributed by atoms with van der Waals surface area (Å²) in [6, 6.07) is 10.4. The Balaban J connectivity index is 1.95. The zero-order valence-electron chi connectivity index (χ0n) is 12.2. The molecule has 0 aromatic heterocycles. The van der Waals surface area contributed by atoms with Crippen LogP contribution in [0.5, 0.6) is 0 Å². The Morgan fingerprint density at radius 1 is 1.00 bits per heavy atom. The Hall–Kier alpha value is -1.90. The molecule has 0 bridgehead atoms. The van der Waals surface area contributed by atoms with E-state index in [-0.39, 0.29) is 0 Å². The largest absolute Gasteiger partial charge is 0.447 e. The van der Waals surface area contributed by atoms with E-state index in [2.05, 4.69) is 53.5 Å². The third-order valence-corrected chi connectivity index (χ3v) is 2.65. The zero-order chi connectivity index (χ0) is 14.3. The molecular weight excluding hydrogens is 246 g/mol. The third kappa shape index (κ3) is 9.09. The Morgan fingerprint density at radius 3 is 2.50 bits per heavy atom. The molecule has 0 amide bonds. The lowest BCUT2D eigenvalue weighted by Gasteiger charge is -1.99. The SMILES string of the molecule is CCOC#CCCCCC#CCNCc1ccccc1. The highest BCUT2D eigenvalue weighted by Crippen LogP contribution is 1.98. The Kier molecular flexibility index (Phi) is 9.81. The molecule has 2 nitrogen and oxygen atoms in total. The smallest absolute Gasteiger partial charge is 0.110 e. The highest BCUT2D eigenvalue weighted by atomic mass is 16.5. The maximum atomic E-state index is 4.94. The standard InChI is InChI=1S/C18H23NO/c1-2-20-16-12-7-5-3-4-6-11-15-19-17-18-13-9-8-10-14-18/h8-10,13-14,19H,2-5,7,15,17H2,1H3. The molecule has 0 aliphatic rings. The molecule has 1 aromatic carbocycles. The molecule has 1 aromatic rings. The van der Waals surface area contributed by atoms with Gasteiger partial charge in [-0.25, -0.2) is 0 Å². The van der Waals surface area contributed by atoms with Crippen LogP contribution in [0.3, 0.4) is 0 Å². The number of unbranched alkanes of at least 4 members (excludes halogenated alkanes) is 3. The fourth-order valence-corrected chi connectivity index (χ4v) is 1.62. The summed E-state index contributed by atoms with van der Waals surface area (Å²) in [7, 11) is 0. The summed E-state index contributed by atoms with van der Waals surface area (Å²) in [6.45, 7) is 4.23. The van der Waals surface area contributed by atoms with Crippen LogP contribution >= 0.6 is 0 Å². The van der Waals surface area contributed by atoms with E-state index in [1.807, 2.05) is 13.0 Å². The van der Waals surface area contributed by atoms with Crippen molar-refractivity contribution in [3.05, 3.63) is 35.9 Å². The lowest BCUT2D eigenvalue weighted by molar-refractivity contribution is 0.298. The first-order chi connectivity index (χ1) is 9.93. The van der Waals surface area contributed by atoms with E-state index in [4.69, 9.17) is 4.74 Å². The summed E-state index contributed by atoms with van der Waals surface area (Å²) in [6.07, 6.45) is 6.71. The van der Waals surface area contributed by atoms with E-state index in [9.17, 15) is 0 Å². The van der Waals surface area contributed by atoms with Crippen molar-refractivity contribution < 1.29 is 4.74 Å². The van der Waals surface area contributed by atoms with Crippen molar-refractivity contribution in [2.24, 2.45) is 0 Å². The van der Waals surface area contributed by atoms with Gasteiger partial charge in [0.05, 0.1) is 13.2 Å².